The molecule has 2 rings (SSSR count). The summed E-state index contributed by atoms with van der Waals surface area (Å²) in [5.74, 6) is -0.298. The minimum atomic E-state index is -1.77. The quantitative estimate of drug-likeness (QED) is 0.663. The fraction of sp³-hybridized carbons (Fsp3) is 0.417. The maximum atomic E-state index is 12.3. The van der Waals surface area contributed by atoms with Gasteiger partial charge in [-0.3, -0.25) is 9.59 Å². The summed E-state index contributed by atoms with van der Waals surface area (Å²) in [7, 11) is 6.62. The van der Waals surface area contributed by atoms with Gasteiger partial charge in [0.15, 0.2) is 0 Å². The Morgan fingerprint density at radius 1 is 0.667 bits per heavy atom. The van der Waals surface area contributed by atoms with Crippen molar-refractivity contribution < 1.29 is 19.8 Å². The molecule has 0 saturated heterocycles. The fourth-order valence-corrected chi connectivity index (χ4v) is 3.63. The zero-order chi connectivity index (χ0) is 22.4. The van der Waals surface area contributed by atoms with Gasteiger partial charge in [-0.05, 0) is 24.0 Å². The Hall–Kier alpha value is -2.70. The molecule has 2 N–H and O–H groups in total. The molecule has 162 valence electrons. The molecule has 0 radical (unpaired) electrons. The summed E-state index contributed by atoms with van der Waals surface area (Å²) in [4.78, 5) is 27.5. The number of benzene rings is 2. The number of rotatable bonds is 9. The lowest BCUT2D eigenvalue weighted by atomic mass is 9.68. The summed E-state index contributed by atoms with van der Waals surface area (Å²) in [6.07, 6.45) is 0.121. The number of carbonyl (C=O) groups is 2. The van der Waals surface area contributed by atoms with Crippen LogP contribution in [0.3, 0.4) is 0 Å². The molecule has 0 spiro atoms. The van der Waals surface area contributed by atoms with Gasteiger partial charge >= 0.3 is 0 Å². The van der Waals surface area contributed by atoms with E-state index >= 15 is 0 Å². The van der Waals surface area contributed by atoms with E-state index in [9.17, 15) is 19.8 Å². The van der Waals surface area contributed by atoms with E-state index in [0.29, 0.717) is 11.1 Å². The second-order valence-corrected chi connectivity index (χ2v) is 8.03. The van der Waals surface area contributed by atoms with Gasteiger partial charge in [0.2, 0.25) is 11.8 Å². The number of aliphatic hydroxyl groups is 2. The molecule has 2 amide bonds. The van der Waals surface area contributed by atoms with Crippen molar-refractivity contribution >= 4 is 11.8 Å². The van der Waals surface area contributed by atoms with Crippen LogP contribution in [0, 0.1) is 0 Å². The van der Waals surface area contributed by atoms with E-state index in [1.807, 2.05) is 12.1 Å². The monoisotopic (exact) mass is 412 g/mol. The van der Waals surface area contributed by atoms with Gasteiger partial charge in [0.1, 0.15) is 11.2 Å². The molecular formula is C24H32N2O4. The maximum Gasteiger partial charge on any atom is 0.222 e. The van der Waals surface area contributed by atoms with Gasteiger partial charge in [-0.1, -0.05) is 60.7 Å². The van der Waals surface area contributed by atoms with Crippen LogP contribution in [-0.4, -0.2) is 60.0 Å². The van der Waals surface area contributed by atoms with Gasteiger partial charge in [-0.2, -0.15) is 0 Å². The number of hydrogen-bond acceptors (Lipinski definition) is 4. The molecule has 6 heteroatoms. The van der Waals surface area contributed by atoms with Crippen LogP contribution < -0.4 is 0 Å². The van der Waals surface area contributed by atoms with Crippen LogP contribution in [0.1, 0.15) is 36.8 Å². The third-order valence-electron chi connectivity index (χ3n) is 5.59. The lowest BCUT2D eigenvalue weighted by Gasteiger charge is -2.45. The molecule has 0 unspecified atom stereocenters. The zero-order valence-electron chi connectivity index (χ0n) is 18.2. The first-order valence-corrected chi connectivity index (χ1v) is 10.1. The van der Waals surface area contributed by atoms with Gasteiger partial charge < -0.3 is 20.0 Å². The van der Waals surface area contributed by atoms with Gasteiger partial charge in [0.25, 0.3) is 0 Å². The van der Waals surface area contributed by atoms with Crippen molar-refractivity contribution in [3.05, 3.63) is 71.8 Å². The average molecular weight is 413 g/mol. The van der Waals surface area contributed by atoms with Crippen LogP contribution in [0.2, 0.25) is 0 Å². The molecule has 0 aliphatic rings. The van der Waals surface area contributed by atoms with Gasteiger partial charge in [0.05, 0.1) is 0 Å². The van der Waals surface area contributed by atoms with E-state index in [2.05, 4.69) is 0 Å². The summed E-state index contributed by atoms with van der Waals surface area (Å²) in [6, 6.07) is 17.7. The van der Waals surface area contributed by atoms with Crippen molar-refractivity contribution in [2.24, 2.45) is 0 Å². The standard InChI is InChI=1S/C24H32N2O4/c1-25(2)21(27)15-17-23(29,19-11-7-5-8-12-19)24(30,18-16-22(28)26(3)4)20-13-9-6-10-14-20/h5-14,29-30H,15-18H2,1-4H3/t23-,24-/m0/s1. The summed E-state index contributed by atoms with van der Waals surface area (Å²) in [6.45, 7) is 0. The van der Waals surface area contributed by atoms with Crippen LogP contribution in [0.15, 0.2) is 60.7 Å². The molecule has 0 aliphatic carbocycles. The molecule has 30 heavy (non-hydrogen) atoms. The lowest BCUT2D eigenvalue weighted by molar-refractivity contribution is -0.179. The molecule has 2 aromatic carbocycles. The van der Waals surface area contributed by atoms with E-state index in [1.165, 1.54) is 9.80 Å². The highest BCUT2D eigenvalue weighted by Crippen LogP contribution is 2.47. The van der Waals surface area contributed by atoms with E-state index < -0.39 is 11.2 Å². The number of amides is 2. The first-order chi connectivity index (χ1) is 14.1. The summed E-state index contributed by atoms with van der Waals surface area (Å²) in [5, 5.41) is 24.0. The van der Waals surface area contributed by atoms with Crippen LogP contribution in [0.4, 0.5) is 0 Å². The van der Waals surface area contributed by atoms with Crippen LogP contribution in [0.25, 0.3) is 0 Å². The number of carbonyl (C=O) groups excluding carboxylic acids is 2. The molecule has 0 bridgehead atoms. The second kappa shape index (κ2) is 9.87. The Morgan fingerprint density at radius 2 is 0.967 bits per heavy atom. The minimum absolute atomic E-state index is 0.00950. The summed E-state index contributed by atoms with van der Waals surface area (Å²) < 4.78 is 0. The smallest absolute Gasteiger partial charge is 0.222 e. The molecule has 0 aromatic heterocycles. The molecule has 0 fully saturated rings. The van der Waals surface area contributed by atoms with Gasteiger partial charge in [-0.25, -0.2) is 0 Å². The molecule has 0 aliphatic heterocycles. The largest absolute Gasteiger partial charge is 0.382 e. The zero-order valence-corrected chi connectivity index (χ0v) is 18.2. The highest BCUT2D eigenvalue weighted by atomic mass is 16.4. The highest BCUT2D eigenvalue weighted by Gasteiger charge is 2.51. The fourth-order valence-electron chi connectivity index (χ4n) is 3.63. The first-order valence-electron chi connectivity index (χ1n) is 10.1. The first kappa shape index (κ1) is 23.6. The number of hydrogen-bond donors (Lipinski definition) is 2. The van der Waals surface area contributed by atoms with E-state index in [1.54, 1.807) is 76.7 Å². The van der Waals surface area contributed by atoms with Crippen molar-refractivity contribution in [2.45, 2.75) is 36.9 Å². The molecule has 6 nitrogen and oxygen atoms in total. The van der Waals surface area contributed by atoms with Crippen LogP contribution in [-0.2, 0) is 20.8 Å². The van der Waals surface area contributed by atoms with Crippen LogP contribution >= 0.6 is 0 Å². The van der Waals surface area contributed by atoms with Crippen molar-refractivity contribution in [2.75, 3.05) is 28.2 Å². The molecular weight excluding hydrogens is 380 g/mol. The average Bonchev–Trinajstić information content (AvgIpc) is 2.76. The maximum absolute atomic E-state index is 12.3. The topological polar surface area (TPSA) is 81.1 Å². The SMILES string of the molecule is CN(C)C(=O)CC[C@](O)(c1ccccc1)[C@](O)(CCC(=O)N(C)C)c1ccccc1. The lowest BCUT2D eigenvalue weighted by Crippen LogP contribution is -2.50. The Kier molecular flexibility index (Phi) is 7.76. The third kappa shape index (κ3) is 5.07. The van der Waals surface area contributed by atoms with E-state index in [0.717, 1.165) is 0 Å². The second-order valence-electron chi connectivity index (χ2n) is 8.03. The number of nitrogens with zero attached hydrogens (tertiary/aromatic N) is 2. The van der Waals surface area contributed by atoms with Crippen molar-refractivity contribution in [1.82, 2.24) is 9.80 Å². The summed E-state index contributed by atoms with van der Waals surface area (Å²) >= 11 is 0. The predicted octanol–water partition coefficient (Wildman–Crippen LogP) is 2.50. The Bertz CT molecular complexity index is 767. The highest BCUT2D eigenvalue weighted by molar-refractivity contribution is 5.76. The van der Waals surface area contributed by atoms with Crippen molar-refractivity contribution in [1.29, 1.82) is 0 Å². The minimum Gasteiger partial charge on any atom is -0.382 e. The molecule has 2 atom stereocenters. The third-order valence-corrected chi connectivity index (χ3v) is 5.59. The molecule has 0 heterocycles. The normalized spacial score (nSPS) is 15.0. The van der Waals surface area contributed by atoms with Crippen molar-refractivity contribution in [3.8, 4) is 0 Å². The van der Waals surface area contributed by atoms with Gasteiger partial charge in [0, 0.05) is 41.0 Å². The Morgan fingerprint density at radius 3 is 1.23 bits per heavy atom. The Balaban J connectivity index is 2.56. The van der Waals surface area contributed by atoms with E-state index in [4.69, 9.17) is 0 Å². The molecule has 0 saturated carbocycles. The van der Waals surface area contributed by atoms with E-state index in [-0.39, 0.29) is 37.5 Å². The Labute approximate surface area is 178 Å². The summed E-state index contributed by atoms with van der Waals surface area (Å²) in [5.41, 5.74) is -2.54. The van der Waals surface area contributed by atoms with Gasteiger partial charge in [-0.15, -0.1) is 0 Å². The van der Waals surface area contributed by atoms with Crippen LogP contribution in [0.5, 0.6) is 0 Å². The predicted molar refractivity (Wildman–Crippen MR) is 117 cm³/mol. The molecule has 2 aromatic rings. The van der Waals surface area contributed by atoms with Crippen molar-refractivity contribution in [3.63, 3.8) is 0 Å².